The average molecular weight is 308 g/mol. The fourth-order valence-corrected chi connectivity index (χ4v) is 1.77. The molecule has 0 radical (unpaired) electrons. The number of hydrogen-bond donors (Lipinski definition) is 1. The lowest BCUT2D eigenvalue weighted by molar-refractivity contribution is 0.102. The zero-order valence-corrected chi connectivity index (χ0v) is 10.1. The molecule has 1 aromatic rings. The van der Waals surface area contributed by atoms with E-state index in [4.69, 9.17) is 0 Å². The van der Waals surface area contributed by atoms with Crippen molar-refractivity contribution in [3.05, 3.63) is 27.7 Å². The molecule has 0 aliphatic rings. The molecule has 0 aliphatic carbocycles. The number of ketones is 1. The lowest BCUT2D eigenvalue weighted by Crippen LogP contribution is -2.02. The van der Waals surface area contributed by atoms with Crippen molar-refractivity contribution in [2.24, 2.45) is 0 Å². The first-order valence-electron chi connectivity index (χ1n) is 3.65. The molecule has 0 bridgehead atoms. The second-order valence-electron chi connectivity index (χ2n) is 2.63. The summed E-state index contributed by atoms with van der Waals surface area (Å²) in [6.45, 7) is 1.72. The molecule has 0 saturated heterocycles. The van der Waals surface area contributed by atoms with Crippen LogP contribution in [0.4, 0.5) is 0 Å². The molecule has 0 amide bonds. The maximum atomic E-state index is 11.3. The van der Waals surface area contributed by atoms with E-state index in [-0.39, 0.29) is 16.9 Å². The van der Waals surface area contributed by atoms with Crippen LogP contribution in [0.3, 0.4) is 0 Å². The normalized spacial score (nSPS) is 10.1. The van der Waals surface area contributed by atoms with Gasteiger partial charge in [-0.05, 0) is 35.0 Å². The summed E-state index contributed by atoms with van der Waals surface area (Å²) in [5.74, 6) is 0.104. The average Bonchev–Trinajstić information content (AvgIpc) is 2.13. The molecule has 0 atom stereocenters. The standard InChI is InChI=1S/C9H8Br2O2/c1-5-6(8(12)4-10)2-3-7(11)9(5)13/h2-3,13H,4H2,1H3. The maximum absolute atomic E-state index is 11.3. The number of carbonyl (C=O) groups excluding carboxylic acids is 1. The Hall–Kier alpha value is -0.350. The third kappa shape index (κ3) is 2.11. The summed E-state index contributed by atoms with van der Waals surface area (Å²) < 4.78 is 0.608. The van der Waals surface area contributed by atoms with E-state index in [2.05, 4.69) is 31.9 Å². The number of alkyl halides is 1. The molecule has 70 valence electrons. The van der Waals surface area contributed by atoms with Gasteiger partial charge in [0.1, 0.15) is 5.75 Å². The smallest absolute Gasteiger partial charge is 0.173 e. The molecule has 2 nitrogen and oxygen atoms in total. The molecule has 0 aliphatic heterocycles. The van der Waals surface area contributed by atoms with Crippen molar-refractivity contribution >= 4 is 37.6 Å². The number of phenolic OH excluding ortho intramolecular Hbond substituents is 1. The van der Waals surface area contributed by atoms with Gasteiger partial charge in [-0.25, -0.2) is 0 Å². The van der Waals surface area contributed by atoms with Crippen LogP contribution >= 0.6 is 31.9 Å². The van der Waals surface area contributed by atoms with Gasteiger partial charge in [0.05, 0.1) is 9.80 Å². The topological polar surface area (TPSA) is 37.3 Å². The molecule has 0 aromatic heterocycles. The van der Waals surface area contributed by atoms with Crippen molar-refractivity contribution in [3.63, 3.8) is 0 Å². The highest BCUT2D eigenvalue weighted by atomic mass is 79.9. The molecule has 1 rings (SSSR count). The summed E-state index contributed by atoms with van der Waals surface area (Å²) in [4.78, 5) is 11.3. The Balaban J connectivity index is 3.26. The van der Waals surface area contributed by atoms with Crippen molar-refractivity contribution in [1.82, 2.24) is 0 Å². The van der Waals surface area contributed by atoms with E-state index in [0.29, 0.717) is 15.6 Å². The molecule has 0 unspecified atom stereocenters. The minimum atomic E-state index is -0.0275. The van der Waals surface area contributed by atoms with E-state index < -0.39 is 0 Å². The van der Waals surface area contributed by atoms with Crippen LogP contribution < -0.4 is 0 Å². The highest BCUT2D eigenvalue weighted by Crippen LogP contribution is 2.29. The molecule has 0 saturated carbocycles. The van der Waals surface area contributed by atoms with Gasteiger partial charge in [0.15, 0.2) is 5.78 Å². The van der Waals surface area contributed by atoms with Gasteiger partial charge in [0, 0.05) is 11.1 Å². The van der Waals surface area contributed by atoms with Crippen LogP contribution in [0.1, 0.15) is 15.9 Å². The first-order chi connectivity index (χ1) is 6.07. The Morgan fingerprint density at radius 2 is 2.15 bits per heavy atom. The predicted molar refractivity (Wildman–Crippen MR) is 58.7 cm³/mol. The van der Waals surface area contributed by atoms with Crippen LogP contribution in [-0.4, -0.2) is 16.2 Å². The van der Waals surface area contributed by atoms with Gasteiger partial charge in [-0.1, -0.05) is 15.9 Å². The Morgan fingerprint density at radius 3 is 2.69 bits per heavy atom. The number of halogens is 2. The number of benzene rings is 1. The zero-order valence-electron chi connectivity index (χ0n) is 6.97. The Labute approximate surface area is 93.2 Å². The molecule has 0 spiro atoms. The van der Waals surface area contributed by atoms with Crippen LogP contribution in [0.15, 0.2) is 16.6 Å². The number of rotatable bonds is 2. The lowest BCUT2D eigenvalue weighted by Gasteiger charge is -2.06. The molecule has 0 heterocycles. The number of aromatic hydroxyl groups is 1. The predicted octanol–water partition coefficient (Wildman–Crippen LogP) is 3.04. The fraction of sp³-hybridized carbons (Fsp3) is 0.222. The van der Waals surface area contributed by atoms with Gasteiger partial charge in [0.2, 0.25) is 0 Å². The Morgan fingerprint density at radius 1 is 1.54 bits per heavy atom. The number of Topliss-reactive ketones (excluding diaryl/α,β-unsaturated/α-hetero) is 1. The molecule has 13 heavy (non-hydrogen) atoms. The second-order valence-corrected chi connectivity index (χ2v) is 4.04. The SMILES string of the molecule is Cc1c(C(=O)CBr)ccc(Br)c1O. The lowest BCUT2D eigenvalue weighted by atomic mass is 10.1. The highest BCUT2D eigenvalue weighted by molar-refractivity contribution is 9.10. The van der Waals surface area contributed by atoms with E-state index in [1.807, 2.05) is 0 Å². The highest BCUT2D eigenvalue weighted by Gasteiger charge is 2.12. The van der Waals surface area contributed by atoms with Crippen molar-refractivity contribution in [2.45, 2.75) is 6.92 Å². The van der Waals surface area contributed by atoms with Gasteiger partial charge in [-0.3, -0.25) is 4.79 Å². The number of carbonyl (C=O) groups is 1. The Kier molecular flexibility index (Phi) is 3.50. The van der Waals surface area contributed by atoms with Crippen LogP contribution in [-0.2, 0) is 0 Å². The fourth-order valence-electron chi connectivity index (χ4n) is 1.04. The van der Waals surface area contributed by atoms with Crippen molar-refractivity contribution in [1.29, 1.82) is 0 Å². The van der Waals surface area contributed by atoms with Gasteiger partial charge < -0.3 is 5.11 Å². The molecular formula is C9H8Br2O2. The van der Waals surface area contributed by atoms with E-state index >= 15 is 0 Å². The molecule has 4 heteroatoms. The van der Waals surface area contributed by atoms with Gasteiger partial charge in [-0.15, -0.1) is 0 Å². The summed E-state index contributed by atoms with van der Waals surface area (Å²) in [7, 11) is 0. The van der Waals surface area contributed by atoms with E-state index in [0.717, 1.165) is 0 Å². The maximum Gasteiger partial charge on any atom is 0.173 e. The first kappa shape index (κ1) is 10.7. The largest absolute Gasteiger partial charge is 0.506 e. The van der Waals surface area contributed by atoms with Gasteiger partial charge in [0.25, 0.3) is 0 Å². The molecule has 0 fully saturated rings. The summed E-state index contributed by atoms with van der Waals surface area (Å²) in [5.41, 5.74) is 1.16. The van der Waals surface area contributed by atoms with Crippen LogP contribution in [0.5, 0.6) is 5.75 Å². The van der Waals surface area contributed by atoms with E-state index in [1.54, 1.807) is 19.1 Å². The van der Waals surface area contributed by atoms with E-state index in [1.165, 1.54) is 0 Å². The quantitative estimate of drug-likeness (QED) is 0.673. The van der Waals surface area contributed by atoms with Gasteiger partial charge >= 0.3 is 0 Å². The monoisotopic (exact) mass is 306 g/mol. The van der Waals surface area contributed by atoms with Crippen LogP contribution in [0, 0.1) is 6.92 Å². The first-order valence-corrected chi connectivity index (χ1v) is 5.56. The van der Waals surface area contributed by atoms with Crippen molar-refractivity contribution in [3.8, 4) is 5.75 Å². The second kappa shape index (κ2) is 4.24. The minimum absolute atomic E-state index is 0.0275. The van der Waals surface area contributed by atoms with Crippen molar-refractivity contribution < 1.29 is 9.90 Å². The molecule has 1 N–H and O–H groups in total. The third-order valence-electron chi connectivity index (χ3n) is 1.80. The van der Waals surface area contributed by atoms with Crippen LogP contribution in [0.25, 0.3) is 0 Å². The zero-order chi connectivity index (χ0) is 10.0. The van der Waals surface area contributed by atoms with Gasteiger partial charge in [-0.2, -0.15) is 0 Å². The summed E-state index contributed by atoms with van der Waals surface area (Å²) in [6.07, 6.45) is 0. The summed E-state index contributed by atoms with van der Waals surface area (Å²) in [6, 6.07) is 3.36. The third-order valence-corrected chi connectivity index (χ3v) is 2.95. The minimum Gasteiger partial charge on any atom is -0.506 e. The molecule has 1 aromatic carbocycles. The summed E-state index contributed by atoms with van der Waals surface area (Å²) >= 11 is 6.26. The van der Waals surface area contributed by atoms with E-state index in [9.17, 15) is 9.90 Å². The van der Waals surface area contributed by atoms with Crippen LogP contribution in [0.2, 0.25) is 0 Å². The van der Waals surface area contributed by atoms with Crippen molar-refractivity contribution in [2.75, 3.05) is 5.33 Å². The Bertz CT molecular complexity index is 348. The number of hydrogen-bond acceptors (Lipinski definition) is 2. The molecular weight excluding hydrogens is 300 g/mol. The number of phenols is 1. The summed E-state index contributed by atoms with van der Waals surface area (Å²) in [5, 5.41) is 9.79.